The van der Waals surface area contributed by atoms with Gasteiger partial charge in [0.05, 0.1) is 0 Å². The number of hydrogen-bond donors (Lipinski definition) is 2. The van der Waals surface area contributed by atoms with Gasteiger partial charge in [0.25, 0.3) is 0 Å². The van der Waals surface area contributed by atoms with Crippen molar-refractivity contribution in [3.8, 4) is 0 Å². The predicted octanol–water partition coefficient (Wildman–Crippen LogP) is 2.40. The van der Waals surface area contributed by atoms with Gasteiger partial charge in [-0.2, -0.15) is 0 Å². The zero-order valence-corrected chi connectivity index (χ0v) is 10.3. The first-order chi connectivity index (χ1) is 7.34. The van der Waals surface area contributed by atoms with Crippen molar-refractivity contribution in [3.63, 3.8) is 0 Å². The molecule has 15 heavy (non-hydrogen) atoms. The van der Waals surface area contributed by atoms with Crippen molar-refractivity contribution >= 4 is 21.7 Å². The van der Waals surface area contributed by atoms with Gasteiger partial charge < -0.3 is 10.6 Å². The van der Waals surface area contributed by atoms with Gasteiger partial charge >= 0.3 is 0 Å². The van der Waals surface area contributed by atoms with Crippen molar-refractivity contribution in [3.05, 3.63) is 22.8 Å². The molecular formula is C11H16BrN3. The summed E-state index contributed by atoms with van der Waals surface area (Å²) in [6.45, 7) is 2.25. The summed E-state index contributed by atoms with van der Waals surface area (Å²) >= 11 is 3.38. The van der Waals surface area contributed by atoms with E-state index >= 15 is 0 Å². The Balaban J connectivity index is 1.92. The molecule has 1 unspecified atom stereocenters. The molecule has 2 rings (SSSR count). The number of aromatic nitrogens is 1. The van der Waals surface area contributed by atoms with Gasteiger partial charge in [-0.15, -0.1) is 0 Å². The number of anilines is 1. The topological polar surface area (TPSA) is 37.0 Å². The maximum absolute atomic E-state index is 4.32. The van der Waals surface area contributed by atoms with Crippen molar-refractivity contribution < 1.29 is 0 Å². The fourth-order valence-corrected chi connectivity index (χ4v) is 2.07. The van der Waals surface area contributed by atoms with Gasteiger partial charge in [-0.3, -0.25) is 0 Å². The SMILES string of the molecule is Brc1ccc(NC2CCCNCC2)nc1. The molecule has 0 saturated carbocycles. The third-order valence-electron chi connectivity index (χ3n) is 2.66. The number of nitrogens with zero attached hydrogens (tertiary/aromatic N) is 1. The van der Waals surface area contributed by atoms with Crippen LogP contribution in [-0.2, 0) is 0 Å². The molecule has 0 spiro atoms. The minimum absolute atomic E-state index is 0.564. The van der Waals surface area contributed by atoms with Gasteiger partial charge in [0.2, 0.25) is 0 Å². The predicted molar refractivity (Wildman–Crippen MR) is 66.1 cm³/mol. The van der Waals surface area contributed by atoms with Crippen LogP contribution in [-0.4, -0.2) is 24.1 Å². The molecule has 0 radical (unpaired) electrons. The van der Waals surface area contributed by atoms with Gasteiger partial charge in [-0.1, -0.05) is 0 Å². The standard InChI is InChI=1S/C11H16BrN3/c12-9-3-4-11(14-8-9)15-10-2-1-6-13-7-5-10/h3-4,8,10,13H,1-2,5-7H2,(H,14,15). The van der Waals surface area contributed by atoms with Crippen LogP contribution in [0.3, 0.4) is 0 Å². The molecule has 2 N–H and O–H groups in total. The molecule has 1 aliphatic heterocycles. The van der Waals surface area contributed by atoms with Crippen LogP contribution < -0.4 is 10.6 Å². The minimum Gasteiger partial charge on any atom is -0.367 e. The Kier molecular flexibility index (Phi) is 3.97. The quantitative estimate of drug-likeness (QED) is 0.866. The molecule has 0 aromatic carbocycles. The summed E-state index contributed by atoms with van der Waals surface area (Å²) in [6.07, 6.45) is 5.48. The number of nitrogens with one attached hydrogen (secondary N) is 2. The second kappa shape index (κ2) is 5.47. The van der Waals surface area contributed by atoms with Crippen molar-refractivity contribution in [2.75, 3.05) is 18.4 Å². The van der Waals surface area contributed by atoms with E-state index in [0.717, 1.165) is 23.4 Å². The monoisotopic (exact) mass is 269 g/mol. The Morgan fingerprint density at radius 3 is 3.07 bits per heavy atom. The Morgan fingerprint density at radius 2 is 2.27 bits per heavy atom. The molecule has 3 nitrogen and oxygen atoms in total. The fraction of sp³-hybridized carbons (Fsp3) is 0.545. The molecule has 0 amide bonds. The lowest BCUT2D eigenvalue weighted by Gasteiger charge is -2.16. The molecular weight excluding hydrogens is 254 g/mol. The third kappa shape index (κ3) is 3.47. The van der Waals surface area contributed by atoms with E-state index in [4.69, 9.17) is 0 Å². The van der Waals surface area contributed by atoms with E-state index in [9.17, 15) is 0 Å². The van der Waals surface area contributed by atoms with Crippen molar-refractivity contribution in [2.45, 2.75) is 25.3 Å². The van der Waals surface area contributed by atoms with Crippen molar-refractivity contribution in [1.29, 1.82) is 0 Å². The minimum atomic E-state index is 0.564. The zero-order valence-electron chi connectivity index (χ0n) is 8.67. The average molecular weight is 270 g/mol. The van der Waals surface area contributed by atoms with Crippen LogP contribution in [0.25, 0.3) is 0 Å². The van der Waals surface area contributed by atoms with Crippen LogP contribution >= 0.6 is 15.9 Å². The van der Waals surface area contributed by atoms with E-state index in [-0.39, 0.29) is 0 Å². The largest absolute Gasteiger partial charge is 0.367 e. The van der Waals surface area contributed by atoms with Crippen molar-refractivity contribution in [2.24, 2.45) is 0 Å². The molecule has 0 aliphatic carbocycles. The molecule has 1 atom stereocenters. The highest BCUT2D eigenvalue weighted by Gasteiger charge is 2.11. The number of halogens is 1. The Labute approximate surface area is 98.8 Å². The van der Waals surface area contributed by atoms with E-state index in [1.807, 2.05) is 18.3 Å². The van der Waals surface area contributed by atoms with Crippen LogP contribution in [0.1, 0.15) is 19.3 Å². The fourth-order valence-electron chi connectivity index (χ4n) is 1.83. The van der Waals surface area contributed by atoms with E-state index in [1.165, 1.54) is 19.3 Å². The lowest BCUT2D eigenvalue weighted by molar-refractivity contribution is 0.635. The molecule has 1 aromatic rings. The van der Waals surface area contributed by atoms with Gasteiger partial charge in [0, 0.05) is 16.7 Å². The molecule has 1 saturated heterocycles. The van der Waals surface area contributed by atoms with Crippen LogP contribution in [0.15, 0.2) is 22.8 Å². The smallest absolute Gasteiger partial charge is 0.126 e. The summed E-state index contributed by atoms with van der Waals surface area (Å²) in [4.78, 5) is 4.32. The van der Waals surface area contributed by atoms with E-state index < -0.39 is 0 Å². The lowest BCUT2D eigenvalue weighted by Crippen LogP contribution is -2.21. The molecule has 82 valence electrons. The summed E-state index contributed by atoms with van der Waals surface area (Å²) in [5, 5.41) is 6.88. The Morgan fingerprint density at radius 1 is 1.33 bits per heavy atom. The van der Waals surface area contributed by atoms with Gasteiger partial charge in [0.15, 0.2) is 0 Å². The zero-order chi connectivity index (χ0) is 10.5. The number of pyridine rings is 1. The lowest BCUT2D eigenvalue weighted by atomic mass is 10.1. The third-order valence-corrected chi connectivity index (χ3v) is 3.12. The van der Waals surface area contributed by atoms with Crippen LogP contribution in [0.2, 0.25) is 0 Å². The highest BCUT2D eigenvalue weighted by atomic mass is 79.9. The van der Waals surface area contributed by atoms with E-state index in [1.54, 1.807) is 0 Å². The maximum atomic E-state index is 4.32. The molecule has 1 fully saturated rings. The first kappa shape index (κ1) is 10.9. The number of hydrogen-bond acceptors (Lipinski definition) is 3. The first-order valence-corrected chi connectivity index (χ1v) is 6.23. The summed E-state index contributed by atoms with van der Waals surface area (Å²) in [5.41, 5.74) is 0. The Hall–Kier alpha value is -0.610. The maximum Gasteiger partial charge on any atom is 0.126 e. The van der Waals surface area contributed by atoms with Crippen LogP contribution in [0.5, 0.6) is 0 Å². The molecule has 0 bridgehead atoms. The first-order valence-electron chi connectivity index (χ1n) is 5.43. The van der Waals surface area contributed by atoms with Gasteiger partial charge in [-0.25, -0.2) is 4.98 Å². The van der Waals surface area contributed by atoms with E-state index in [0.29, 0.717) is 6.04 Å². The summed E-state index contributed by atoms with van der Waals surface area (Å²) in [6, 6.07) is 4.60. The second-order valence-electron chi connectivity index (χ2n) is 3.88. The second-order valence-corrected chi connectivity index (χ2v) is 4.80. The Bertz CT molecular complexity index is 291. The molecule has 4 heteroatoms. The van der Waals surface area contributed by atoms with Crippen LogP contribution in [0.4, 0.5) is 5.82 Å². The molecule has 1 aromatic heterocycles. The van der Waals surface area contributed by atoms with Gasteiger partial charge in [0.1, 0.15) is 5.82 Å². The van der Waals surface area contributed by atoms with Crippen molar-refractivity contribution in [1.82, 2.24) is 10.3 Å². The summed E-state index contributed by atoms with van der Waals surface area (Å²) in [5.74, 6) is 0.977. The summed E-state index contributed by atoms with van der Waals surface area (Å²) < 4.78 is 1.02. The number of rotatable bonds is 2. The highest BCUT2D eigenvalue weighted by Crippen LogP contribution is 2.14. The van der Waals surface area contributed by atoms with Gasteiger partial charge in [-0.05, 0) is 60.4 Å². The average Bonchev–Trinajstić information content (AvgIpc) is 2.50. The molecule has 2 heterocycles. The molecule has 1 aliphatic rings. The summed E-state index contributed by atoms with van der Waals surface area (Å²) in [7, 11) is 0. The normalized spacial score (nSPS) is 22.1. The van der Waals surface area contributed by atoms with E-state index in [2.05, 4.69) is 31.5 Å². The van der Waals surface area contributed by atoms with Crippen LogP contribution in [0, 0.1) is 0 Å². The highest BCUT2D eigenvalue weighted by molar-refractivity contribution is 9.10.